The first-order valence-corrected chi connectivity index (χ1v) is 9.78. The third kappa shape index (κ3) is 4.10. The van der Waals surface area contributed by atoms with Crippen LogP contribution in [0, 0.1) is 13.8 Å². The highest BCUT2D eigenvalue weighted by Gasteiger charge is 2.15. The number of rotatable bonds is 7. The zero-order valence-corrected chi connectivity index (χ0v) is 17.8. The van der Waals surface area contributed by atoms with Gasteiger partial charge in [0.25, 0.3) is 11.8 Å². The van der Waals surface area contributed by atoms with Crippen molar-refractivity contribution in [2.45, 2.75) is 20.5 Å². The van der Waals surface area contributed by atoms with Crippen LogP contribution >= 0.6 is 15.9 Å². The second kappa shape index (κ2) is 8.11. The van der Waals surface area contributed by atoms with Crippen LogP contribution in [0.25, 0.3) is 23.0 Å². The topological polar surface area (TPSA) is 127 Å². The smallest absolute Gasteiger partial charge is 0.278 e. The number of nitrogens with zero attached hydrogens (tertiary/aromatic N) is 6. The zero-order valence-electron chi connectivity index (χ0n) is 16.2. The van der Waals surface area contributed by atoms with Crippen molar-refractivity contribution in [1.82, 2.24) is 29.7 Å². The van der Waals surface area contributed by atoms with Gasteiger partial charge >= 0.3 is 0 Å². The van der Waals surface area contributed by atoms with Gasteiger partial charge in [-0.05, 0) is 60.1 Å². The molecule has 0 saturated heterocycles. The summed E-state index contributed by atoms with van der Waals surface area (Å²) in [6, 6.07) is 8.75. The molecule has 3 aromatic heterocycles. The number of hydrogen-bond acceptors (Lipinski definition) is 7. The molecular weight excluding hydrogens is 454 g/mol. The van der Waals surface area contributed by atoms with Crippen molar-refractivity contribution in [3.05, 3.63) is 52.4 Å². The lowest BCUT2D eigenvalue weighted by molar-refractivity contribution is -0.119. The van der Waals surface area contributed by atoms with E-state index in [9.17, 15) is 4.79 Å². The minimum absolute atomic E-state index is 0.178. The molecule has 0 fully saturated rings. The highest BCUT2D eigenvalue weighted by atomic mass is 79.9. The highest BCUT2D eigenvalue weighted by Crippen LogP contribution is 2.24. The van der Waals surface area contributed by atoms with Crippen molar-refractivity contribution >= 4 is 21.8 Å². The van der Waals surface area contributed by atoms with Gasteiger partial charge in [0.15, 0.2) is 12.3 Å². The van der Waals surface area contributed by atoms with Gasteiger partial charge in [0.2, 0.25) is 5.82 Å². The van der Waals surface area contributed by atoms with Crippen LogP contribution in [0.5, 0.6) is 5.75 Å². The number of carbonyl (C=O) groups is 1. The number of aryl methyl sites for hydroxylation is 1. The molecule has 0 unspecified atom stereocenters. The van der Waals surface area contributed by atoms with Crippen LogP contribution in [-0.2, 0) is 11.5 Å². The van der Waals surface area contributed by atoms with Gasteiger partial charge in [0, 0.05) is 11.8 Å². The number of amides is 1. The summed E-state index contributed by atoms with van der Waals surface area (Å²) in [5.74, 6) is 0.721. The Kier molecular flexibility index (Phi) is 5.36. The fourth-order valence-corrected chi connectivity index (χ4v) is 3.09. The largest absolute Gasteiger partial charge is 0.484 e. The predicted octanol–water partition coefficient (Wildman–Crippen LogP) is 2.55. The molecule has 4 aromatic rings. The lowest BCUT2D eigenvalue weighted by Crippen LogP contribution is -2.19. The standard InChI is InChI=1S/C19H18BrN7O3/c1-11-17(20)12(2)27(23-11)10-26-8-7-15(24-26)19-22-18(25-30-19)13-3-5-14(6-4-13)29-9-16(21)28/h3-8H,9-10H2,1-2H3,(H2,21,28). The average molecular weight is 472 g/mol. The van der Waals surface area contributed by atoms with Crippen molar-refractivity contribution in [2.24, 2.45) is 5.73 Å². The number of ether oxygens (including phenoxy) is 1. The van der Waals surface area contributed by atoms with Crippen LogP contribution in [0.4, 0.5) is 0 Å². The Morgan fingerprint density at radius 3 is 2.63 bits per heavy atom. The number of aromatic nitrogens is 6. The van der Waals surface area contributed by atoms with Gasteiger partial charge in [-0.25, -0.2) is 4.68 Å². The Labute approximate surface area is 179 Å². The maximum absolute atomic E-state index is 10.8. The molecule has 0 bridgehead atoms. The molecular formula is C19H18BrN7O3. The molecule has 0 saturated carbocycles. The molecule has 30 heavy (non-hydrogen) atoms. The van der Waals surface area contributed by atoms with Crippen LogP contribution in [-0.4, -0.2) is 42.2 Å². The van der Waals surface area contributed by atoms with Gasteiger partial charge < -0.3 is 15.0 Å². The molecule has 10 nitrogen and oxygen atoms in total. The summed E-state index contributed by atoms with van der Waals surface area (Å²) in [5, 5.41) is 13.0. The molecule has 2 N–H and O–H groups in total. The molecule has 0 atom stereocenters. The number of nitrogens with two attached hydrogens (primary N) is 1. The lowest BCUT2D eigenvalue weighted by Gasteiger charge is -2.04. The third-order valence-corrected chi connectivity index (χ3v) is 5.50. The van der Waals surface area contributed by atoms with E-state index in [1.165, 1.54) is 0 Å². The average Bonchev–Trinajstić information content (AvgIpc) is 3.45. The maximum atomic E-state index is 10.8. The van der Waals surface area contributed by atoms with Crippen LogP contribution in [0.2, 0.25) is 0 Å². The van der Waals surface area contributed by atoms with E-state index in [2.05, 4.69) is 36.3 Å². The quantitative estimate of drug-likeness (QED) is 0.438. The minimum atomic E-state index is -0.535. The molecule has 11 heteroatoms. The first-order chi connectivity index (χ1) is 14.4. The van der Waals surface area contributed by atoms with Crippen LogP contribution in [0.3, 0.4) is 0 Å². The van der Waals surface area contributed by atoms with E-state index >= 15 is 0 Å². The molecule has 0 spiro atoms. The van der Waals surface area contributed by atoms with Crippen molar-refractivity contribution in [1.29, 1.82) is 0 Å². The first kappa shape index (κ1) is 19.8. The van der Waals surface area contributed by atoms with E-state index < -0.39 is 5.91 Å². The minimum Gasteiger partial charge on any atom is -0.484 e. The van der Waals surface area contributed by atoms with E-state index in [4.69, 9.17) is 15.0 Å². The van der Waals surface area contributed by atoms with Gasteiger partial charge in [-0.3, -0.25) is 9.48 Å². The van der Waals surface area contributed by atoms with Crippen molar-refractivity contribution in [3.8, 4) is 28.7 Å². The van der Waals surface area contributed by atoms with Gasteiger partial charge in [0.1, 0.15) is 12.4 Å². The van der Waals surface area contributed by atoms with Crippen molar-refractivity contribution in [3.63, 3.8) is 0 Å². The van der Waals surface area contributed by atoms with E-state index in [0.29, 0.717) is 29.8 Å². The second-order valence-corrected chi connectivity index (χ2v) is 7.36. The molecule has 154 valence electrons. The summed E-state index contributed by atoms with van der Waals surface area (Å²) in [4.78, 5) is 15.2. The maximum Gasteiger partial charge on any atom is 0.278 e. The molecule has 0 aliphatic heterocycles. The number of carbonyl (C=O) groups excluding carboxylic acids is 1. The molecule has 0 aliphatic rings. The summed E-state index contributed by atoms with van der Waals surface area (Å²) in [6.07, 6.45) is 1.83. The number of benzene rings is 1. The Bertz CT molecular complexity index is 1190. The molecule has 1 aromatic carbocycles. The monoisotopic (exact) mass is 471 g/mol. The Balaban J connectivity index is 1.48. The van der Waals surface area contributed by atoms with E-state index in [-0.39, 0.29) is 6.61 Å². The van der Waals surface area contributed by atoms with Gasteiger partial charge in [0.05, 0.1) is 15.9 Å². The van der Waals surface area contributed by atoms with Crippen LogP contribution in [0.1, 0.15) is 11.4 Å². The van der Waals surface area contributed by atoms with Crippen LogP contribution < -0.4 is 10.5 Å². The molecule has 4 rings (SSSR count). The Morgan fingerprint density at radius 2 is 1.97 bits per heavy atom. The van der Waals surface area contributed by atoms with Crippen LogP contribution in [0.15, 0.2) is 45.5 Å². The SMILES string of the molecule is Cc1nn(Cn2ccc(-c3nc(-c4ccc(OCC(N)=O)cc4)no3)n2)c(C)c1Br. The van der Waals surface area contributed by atoms with E-state index in [1.807, 2.05) is 24.7 Å². The number of primary amides is 1. The van der Waals surface area contributed by atoms with E-state index in [1.54, 1.807) is 35.0 Å². The fourth-order valence-electron chi connectivity index (χ4n) is 2.80. The summed E-state index contributed by atoms with van der Waals surface area (Å²) in [6.45, 7) is 4.22. The highest BCUT2D eigenvalue weighted by molar-refractivity contribution is 9.10. The summed E-state index contributed by atoms with van der Waals surface area (Å²) >= 11 is 3.52. The first-order valence-electron chi connectivity index (χ1n) is 8.99. The summed E-state index contributed by atoms with van der Waals surface area (Å²) in [7, 11) is 0. The van der Waals surface area contributed by atoms with Gasteiger partial charge in [-0.2, -0.15) is 15.2 Å². The second-order valence-electron chi connectivity index (χ2n) is 6.57. The molecule has 0 radical (unpaired) electrons. The summed E-state index contributed by atoms with van der Waals surface area (Å²) < 4.78 is 15.2. The third-order valence-electron chi connectivity index (χ3n) is 4.35. The lowest BCUT2D eigenvalue weighted by atomic mass is 10.2. The molecule has 0 aliphatic carbocycles. The van der Waals surface area contributed by atoms with Gasteiger partial charge in [-0.1, -0.05) is 5.16 Å². The molecule has 1 amide bonds. The summed E-state index contributed by atoms with van der Waals surface area (Å²) in [5.41, 5.74) is 8.32. The van der Waals surface area contributed by atoms with Crippen molar-refractivity contribution in [2.75, 3.05) is 6.61 Å². The van der Waals surface area contributed by atoms with E-state index in [0.717, 1.165) is 21.4 Å². The number of halogens is 1. The van der Waals surface area contributed by atoms with Gasteiger partial charge in [-0.15, -0.1) is 0 Å². The Morgan fingerprint density at radius 1 is 1.20 bits per heavy atom. The normalized spacial score (nSPS) is 11.0. The number of hydrogen-bond donors (Lipinski definition) is 1. The predicted molar refractivity (Wildman–Crippen MR) is 110 cm³/mol. The fraction of sp³-hybridized carbons (Fsp3) is 0.211. The van der Waals surface area contributed by atoms with Crippen molar-refractivity contribution < 1.29 is 14.1 Å². The Hall–Kier alpha value is -3.47. The zero-order chi connectivity index (χ0) is 21.3. The molecule has 3 heterocycles.